The molecule has 1 rings (SSSR count). The van der Waals surface area contributed by atoms with E-state index in [0.717, 1.165) is 18.7 Å². The van der Waals surface area contributed by atoms with Gasteiger partial charge in [-0.1, -0.05) is 20.8 Å². The molecular formula is C12H24N4S. The first kappa shape index (κ1) is 14.5. The summed E-state index contributed by atoms with van der Waals surface area (Å²) in [5.74, 6) is 6.64. The van der Waals surface area contributed by atoms with Crippen molar-refractivity contribution >= 4 is 11.8 Å². The van der Waals surface area contributed by atoms with Gasteiger partial charge in [0.1, 0.15) is 0 Å². The number of hydrogen-bond acceptors (Lipinski definition) is 4. The monoisotopic (exact) mass is 256 g/mol. The van der Waals surface area contributed by atoms with Crippen molar-refractivity contribution in [1.82, 2.24) is 15.2 Å². The van der Waals surface area contributed by atoms with Gasteiger partial charge in [-0.05, 0) is 18.9 Å². The van der Waals surface area contributed by atoms with Crippen LogP contribution < -0.4 is 11.3 Å². The fourth-order valence-corrected chi connectivity index (χ4v) is 2.66. The van der Waals surface area contributed by atoms with Crippen molar-refractivity contribution in [3.63, 3.8) is 0 Å². The second-order valence-electron chi connectivity index (χ2n) is 4.25. The molecule has 0 amide bonds. The Balaban J connectivity index is 2.62. The van der Waals surface area contributed by atoms with E-state index >= 15 is 0 Å². The minimum absolute atomic E-state index is 0.183. The summed E-state index contributed by atoms with van der Waals surface area (Å²) in [6.45, 7) is 7.57. The van der Waals surface area contributed by atoms with E-state index in [1.807, 2.05) is 22.6 Å². The van der Waals surface area contributed by atoms with Crippen molar-refractivity contribution in [1.29, 1.82) is 0 Å². The van der Waals surface area contributed by atoms with Crippen molar-refractivity contribution in [3.05, 3.63) is 18.0 Å². The molecule has 0 saturated heterocycles. The van der Waals surface area contributed by atoms with Gasteiger partial charge in [0.2, 0.25) is 0 Å². The van der Waals surface area contributed by atoms with Crippen molar-refractivity contribution in [2.75, 3.05) is 5.75 Å². The maximum absolute atomic E-state index is 5.65. The highest BCUT2D eigenvalue weighted by molar-refractivity contribution is 7.99. The van der Waals surface area contributed by atoms with Crippen molar-refractivity contribution < 1.29 is 0 Å². The van der Waals surface area contributed by atoms with E-state index in [1.54, 1.807) is 0 Å². The second kappa shape index (κ2) is 7.74. The zero-order valence-corrected chi connectivity index (χ0v) is 11.8. The Morgan fingerprint density at radius 3 is 2.88 bits per heavy atom. The molecule has 0 bridgehead atoms. The Labute approximate surface area is 108 Å². The first-order valence-corrected chi connectivity index (χ1v) is 7.37. The first-order valence-electron chi connectivity index (χ1n) is 6.32. The second-order valence-corrected chi connectivity index (χ2v) is 5.72. The molecule has 2 atom stereocenters. The summed E-state index contributed by atoms with van der Waals surface area (Å²) in [4.78, 5) is 0. The number of rotatable bonds is 8. The molecule has 0 aliphatic heterocycles. The Bertz CT molecular complexity index is 313. The summed E-state index contributed by atoms with van der Waals surface area (Å²) in [5.41, 5.74) is 4.09. The van der Waals surface area contributed by atoms with Crippen LogP contribution in [0.15, 0.2) is 12.3 Å². The number of aromatic nitrogens is 2. The van der Waals surface area contributed by atoms with Crippen LogP contribution in [0, 0.1) is 0 Å². The van der Waals surface area contributed by atoms with Crippen LogP contribution in [-0.2, 0) is 6.54 Å². The van der Waals surface area contributed by atoms with Gasteiger partial charge in [0.25, 0.3) is 0 Å². The van der Waals surface area contributed by atoms with Gasteiger partial charge < -0.3 is 0 Å². The molecule has 1 aromatic heterocycles. The molecule has 4 nitrogen and oxygen atoms in total. The van der Waals surface area contributed by atoms with Gasteiger partial charge in [0.05, 0.1) is 11.7 Å². The molecule has 17 heavy (non-hydrogen) atoms. The summed E-state index contributed by atoms with van der Waals surface area (Å²) in [6.07, 6.45) is 4.13. The third kappa shape index (κ3) is 4.33. The number of hydrogen-bond donors (Lipinski definition) is 2. The Hall–Kier alpha value is -0.520. The molecule has 1 heterocycles. The maximum Gasteiger partial charge on any atom is 0.0719 e. The van der Waals surface area contributed by atoms with E-state index in [0.29, 0.717) is 5.25 Å². The fraction of sp³-hybridized carbons (Fsp3) is 0.750. The zero-order valence-electron chi connectivity index (χ0n) is 11.0. The van der Waals surface area contributed by atoms with Crippen molar-refractivity contribution in [3.8, 4) is 0 Å². The molecule has 0 radical (unpaired) electrons. The van der Waals surface area contributed by atoms with Crippen LogP contribution in [0.5, 0.6) is 0 Å². The molecule has 0 aliphatic carbocycles. The summed E-state index contributed by atoms with van der Waals surface area (Å²) in [6, 6.07) is 2.24. The van der Waals surface area contributed by atoms with Crippen molar-refractivity contribution in [2.45, 2.75) is 51.4 Å². The summed E-state index contributed by atoms with van der Waals surface area (Å²) in [5, 5.41) is 5.01. The predicted octanol–water partition coefficient (Wildman–Crippen LogP) is 2.33. The first-order chi connectivity index (χ1) is 8.22. The number of aryl methyl sites for hydroxylation is 1. The van der Waals surface area contributed by atoms with Crippen LogP contribution in [-0.4, -0.2) is 20.8 Å². The minimum atomic E-state index is 0.183. The molecule has 2 unspecified atom stereocenters. The largest absolute Gasteiger partial charge is 0.271 e. The lowest BCUT2D eigenvalue weighted by atomic mass is 10.2. The molecule has 1 aromatic rings. The number of nitrogens with two attached hydrogens (primary N) is 1. The maximum atomic E-state index is 5.65. The SMILES string of the molecule is CCCn1nccc1C(CSC(C)CC)NN. The lowest BCUT2D eigenvalue weighted by Crippen LogP contribution is -2.32. The average Bonchev–Trinajstić information content (AvgIpc) is 2.78. The molecule has 0 saturated carbocycles. The third-order valence-electron chi connectivity index (χ3n) is 2.87. The van der Waals surface area contributed by atoms with E-state index in [2.05, 4.69) is 37.4 Å². The lowest BCUT2D eigenvalue weighted by molar-refractivity contribution is 0.508. The van der Waals surface area contributed by atoms with Crippen LogP contribution >= 0.6 is 11.8 Å². The normalized spacial score (nSPS) is 14.8. The van der Waals surface area contributed by atoms with E-state index in [-0.39, 0.29) is 6.04 Å². The van der Waals surface area contributed by atoms with E-state index in [4.69, 9.17) is 5.84 Å². The highest BCUT2D eigenvalue weighted by Gasteiger charge is 2.15. The summed E-state index contributed by atoms with van der Waals surface area (Å²) < 4.78 is 2.04. The molecule has 0 aromatic carbocycles. The molecule has 0 spiro atoms. The van der Waals surface area contributed by atoms with Crippen molar-refractivity contribution in [2.24, 2.45) is 5.84 Å². The smallest absolute Gasteiger partial charge is 0.0719 e. The summed E-state index contributed by atoms with van der Waals surface area (Å²) in [7, 11) is 0. The standard InChI is InChI=1S/C12H24N4S/c1-4-8-16-12(6-7-14-16)11(15-13)9-17-10(3)5-2/h6-7,10-11,15H,4-5,8-9,13H2,1-3H3. The molecule has 3 N–H and O–H groups in total. The van der Waals surface area contributed by atoms with Gasteiger partial charge in [-0.15, -0.1) is 0 Å². The minimum Gasteiger partial charge on any atom is -0.271 e. The van der Waals surface area contributed by atoms with E-state index in [1.165, 1.54) is 12.1 Å². The predicted molar refractivity (Wildman–Crippen MR) is 74.8 cm³/mol. The Morgan fingerprint density at radius 2 is 2.29 bits per heavy atom. The number of nitrogens with zero attached hydrogens (tertiary/aromatic N) is 2. The van der Waals surface area contributed by atoms with E-state index < -0.39 is 0 Å². The van der Waals surface area contributed by atoms with Crippen LogP contribution in [0.2, 0.25) is 0 Å². The van der Waals surface area contributed by atoms with Gasteiger partial charge in [-0.3, -0.25) is 16.0 Å². The number of nitrogens with one attached hydrogen (secondary N) is 1. The molecule has 0 fully saturated rings. The van der Waals surface area contributed by atoms with Crippen LogP contribution in [0.3, 0.4) is 0 Å². The zero-order chi connectivity index (χ0) is 12.7. The lowest BCUT2D eigenvalue weighted by Gasteiger charge is -2.19. The fourth-order valence-electron chi connectivity index (χ4n) is 1.63. The molecular weight excluding hydrogens is 232 g/mol. The summed E-state index contributed by atoms with van der Waals surface area (Å²) >= 11 is 1.95. The van der Waals surface area contributed by atoms with Gasteiger partial charge >= 0.3 is 0 Å². The highest BCUT2D eigenvalue weighted by Crippen LogP contribution is 2.22. The molecule has 98 valence electrons. The van der Waals surface area contributed by atoms with Gasteiger partial charge in [-0.2, -0.15) is 16.9 Å². The Kier molecular flexibility index (Phi) is 6.62. The topological polar surface area (TPSA) is 55.9 Å². The average molecular weight is 256 g/mol. The quantitative estimate of drug-likeness (QED) is 0.553. The Morgan fingerprint density at radius 1 is 1.53 bits per heavy atom. The number of hydrazine groups is 1. The third-order valence-corrected chi connectivity index (χ3v) is 4.29. The van der Waals surface area contributed by atoms with E-state index in [9.17, 15) is 0 Å². The van der Waals surface area contributed by atoms with Crippen LogP contribution in [0.1, 0.15) is 45.3 Å². The van der Waals surface area contributed by atoms with Crippen LogP contribution in [0.4, 0.5) is 0 Å². The molecule has 5 heteroatoms. The van der Waals surface area contributed by atoms with Gasteiger partial charge in [-0.25, -0.2) is 0 Å². The molecule has 0 aliphatic rings. The van der Waals surface area contributed by atoms with Crippen LogP contribution in [0.25, 0.3) is 0 Å². The highest BCUT2D eigenvalue weighted by atomic mass is 32.2. The van der Waals surface area contributed by atoms with Gasteiger partial charge in [0, 0.05) is 23.7 Å². The van der Waals surface area contributed by atoms with Gasteiger partial charge in [0.15, 0.2) is 0 Å². The number of thioether (sulfide) groups is 1.